The van der Waals surface area contributed by atoms with Crippen molar-refractivity contribution in [2.24, 2.45) is 0 Å². The van der Waals surface area contributed by atoms with Gasteiger partial charge in [-0.15, -0.1) is 11.8 Å². The first-order valence-electron chi connectivity index (χ1n) is 9.25. The number of amides is 2. The number of halogens is 3. The number of nitrogens with zero attached hydrogens (tertiary/aromatic N) is 2. The van der Waals surface area contributed by atoms with Gasteiger partial charge in [-0.1, -0.05) is 12.1 Å². The van der Waals surface area contributed by atoms with E-state index >= 15 is 0 Å². The third-order valence-corrected chi connectivity index (χ3v) is 5.31. The summed E-state index contributed by atoms with van der Waals surface area (Å²) in [6.07, 6.45) is -3.05. The third-order valence-electron chi connectivity index (χ3n) is 4.27. The molecule has 10 heteroatoms. The van der Waals surface area contributed by atoms with Gasteiger partial charge in [0.2, 0.25) is 17.7 Å². The number of rotatable bonds is 7. The molecule has 1 aromatic heterocycles. The molecule has 1 aliphatic rings. The standard InChI is InChI=1S/C20H20F3N3O3S/c21-20(22,23)13-29-18-11-14(7-8-24-18)12-25-17(27)5-6-19(28)26-9-10-30-16-4-2-1-3-15(16)26/h1-4,7-8,11H,5-6,9-10,12-13H2,(H,25,27). The van der Waals surface area contributed by atoms with Gasteiger partial charge in [0.15, 0.2) is 6.61 Å². The average Bonchev–Trinajstić information content (AvgIpc) is 2.74. The van der Waals surface area contributed by atoms with Gasteiger partial charge < -0.3 is 15.0 Å². The van der Waals surface area contributed by atoms with Crippen LogP contribution in [-0.4, -0.2) is 41.9 Å². The molecule has 160 valence electrons. The second-order valence-corrected chi connectivity index (χ2v) is 7.68. The Morgan fingerprint density at radius 1 is 1.20 bits per heavy atom. The van der Waals surface area contributed by atoms with Crippen molar-refractivity contribution in [3.05, 3.63) is 48.2 Å². The maximum absolute atomic E-state index is 12.6. The van der Waals surface area contributed by atoms with Crippen LogP contribution in [0, 0.1) is 0 Å². The predicted molar refractivity (Wildman–Crippen MR) is 106 cm³/mol. The maximum atomic E-state index is 12.6. The van der Waals surface area contributed by atoms with E-state index in [2.05, 4.69) is 15.0 Å². The molecular formula is C20H20F3N3O3S. The third kappa shape index (κ3) is 6.38. The summed E-state index contributed by atoms with van der Waals surface area (Å²) < 4.78 is 41.3. The van der Waals surface area contributed by atoms with E-state index in [1.54, 1.807) is 22.7 Å². The molecule has 0 spiro atoms. The van der Waals surface area contributed by atoms with E-state index in [9.17, 15) is 22.8 Å². The average molecular weight is 439 g/mol. The quantitative estimate of drug-likeness (QED) is 0.714. The van der Waals surface area contributed by atoms with Crippen LogP contribution in [0.4, 0.5) is 18.9 Å². The van der Waals surface area contributed by atoms with Crippen LogP contribution in [0.2, 0.25) is 0 Å². The highest BCUT2D eigenvalue weighted by molar-refractivity contribution is 7.99. The number of hydrogen-bond acceptors (Lipinski definition) is 5. The fourth-order valence-electron chi connectivity index (χ4n) is 2.87. The largest absolute Gasteiger partial charge is 0.468 e. The molecule has 1 aliphatic heterocycles. The number of hydrogen-bond donors (Lipinski definition) is 1. The Morgan fingerprint density at radius 2 is 2.00 bits per heavy atom. The van der Waals surface area contributed by atoms with E-state index in [1.165, 1.54) is 12.3 Å². The van der Waals surface area contributed by atoms with Crippen molar-refractivity contribution in [3.63, 3.8) is 0 Å². The Bertz CT molecular complexity index is 908. The topological polar surface area (TPSA) is 71.5 Å². The molecule has 2 aromatic rings. The minimum Gasteiger partial charge on any atom is -0.468 e. The molecule has 0 radical (unpaired) electrons. The maximum Gasteiger partial charge on any atom is 0.422 e. The number of carbonyl (C=O) groups is 2. The molecule has 0 saturated heterocycles. The zero-order valence-electron chi connectivity index (χ0n) is 15.9. The van der Waals surface area contributed by atoms with Gasteiger partial charge in [-0.2, -0.15) is 13.2 Å². The number of ether oxygens (including phenoxy) is 1. The van der Waals surface area contributed by atoms with Gasteiger partial charge in [-0.3, -0.25) is 9.59 Å². The summed E-state index contributed by atoms with van der Waals surface area (Å²) in [7, 11) is 0. The van der Waals surface area contributed by atoms with Crippen molar-refractivity contribution in [3.8, 4) is 5.88 Å². The van der Waals surface area contributed by atoms with E-state index in [-0.39, 0.29) is 37.1 Å². The van der Waals surface area contributed by atoms with Crippen LogP contribution in [0.25, 0.3) is 0 Å². The lowest BCUT2D eigenvalue weighted by Gasteiger charge is -2.29. The number of nitrogens with one attached hydrogen (secondary N) is 1. The summed E-state index contributed by atoms with van der Waals surface area (Å²) in [4.78, 5) is 31.1. The van der Waals surface area contributed by atoms with Crippen molar-refractivity contribution in [1.82, 2.24) is 10.3 Å². The van der Waals surface area contributed by atoms with E-state index in [1.807, 2.05) is 24.3 Å². The van der Waals surface area contributed by atoms with E-state index in [0.717, 1.165) is 16.3 Å². The first-order valence-corrected chi connectivity index (χ1v) is 10.2. The molecule has 0 unspecified atom stereocenters. The van der Waals surface area contributed by atoms with Gasteiger partial charge in [0.1, 0.15) is 0 Å². The highest BCUT2D eigenvalue weighted by atomic mass is 32.2. The van der Waals surface area contributed by atoms with Crippen LogP contribution in [0.1, 0.15) is 18.4 Å². The predicted octanol–water partition coefficient (Wildman–Crippen LogP) is 3.56. The van der Waals surface area contributed by atoms with Gasteiger partial charge in [-0.05, 0) is 23.8 Å². The van der Waals surface area contributed by atoms with Crippen molar-refractivity contribution < 1.29 is 27.5 Å². The molecule has 0 bridgehead atoms. The summed E-state index contributed by atoms with van der Waals surface area (Å²) in [5, 5.41) is 2.66. The Kier molecular flexibility index (Phi) is 7.20. The van der Waals surface area contributed by atoms with Gasteiger partial charge in [0.05, 0.1) is 5.69 Å². The molecule has 30 heavy (non-hydrogen) atoms. The lowest BCUT2D eigenvalue weighted by molar-refractivity contribution is -0.154. The molecule has 1 aromatic carbocycles. The summed E-state index contributed by atoms with van der Waals surface area (Å²) in [6, 6.07) is 10.5. The van der Waals surface area contributed by atoms with Gasteiger partial charge in [0.25, 0.3) is 0 Å². The molecular weight excluding hydrogens is 419 g/mol. The molecule has 2 heterocycles. The number of alkyl halides is 3. The first-order chi connectivity index (χ1) is 14.3. The minimum absolute atomic E-state index is 0.0210. The summed E-state index contributed by atoms with van der Waals surface area (Å²) >= 11 is 1.69. The number of thioether (sulfide) groups is 1. The molecule has 0 fully saturated rings. The molecule has 6 nitrogen and oxygen atoms in total. The van der Waals surface area contributed by atoms with Crippen LogP contribution < -0.4 is 15.0 Å². The summed E-state index contributed by atoms with van der Waals surface area (Å²) in [6.45, 7) is -0.739. The fourth-order valence-corrected chi connectivity index (χ4v) is 3.86. The second kappa shape index (κ2) is 9.84. The van der Waals surface area contributed by atoms with E-state index in [4.69, 9.17) is 0 Å². The number of carbonyl (C=O) groups excluding carboxylic acids is 2. The SMILES string of the molecule is O=C(CCC(=O)N1CCSc2ccccc21)NCc1ccnc(OCC(F)(F)F)c1. The molecule has 0 saturated carbocycles. The summed E-state index contributed by atoms with van der Waals surface area (Å²) in [5.74, 6) is 0.188. The number of fused-ring (bicyclic) bond motifs is 1. The number of pyridine rings is 1. The van der Waals surface area contributed by atoms with Crippen molar-refractivity contribution >= 4 is 29.3 Å². The van der Waals surface area contributed by atoms with Gasteiger partial charge in [0, 0.05) is 48.8 Å². The number of benzene rings is 1. The van der Waals surface area contributed by atoms with Crippen LogP contribution in [0.5, 0.6) is 5.88 Å². The molecule has 3 rings (SSSR count). The van der Waals surface area contributed by atoms with Gasteiger partial charge in [-0.25, -0.2) is 4.98 Å². The lowest BCUT2D eigenvalue weighted by Crippen LogP contribution is -2.36. The van der Waals surface area contributed by atoms with Crippen molar-refractivity contribution in [2.75, 3.05) is 23.8 Å². The fraction of sp³-hybridized carbons (Fsp3) is 0.350. The first kappa shape index (κ1) is 21.9. The van der Waals surface area contributed by atoms with Crippen molar-refractivity contribution in [2.45, 2.75) is 30.5 Å². The normalized spacial score (nSPS) is 13.5. The lowest BCUT2D eigenvalue weighted by atomic mass is 10.2. The van der Waals surface area contributed by atoms with Crippen LogP contribution >= 0.6 is 11.8 Å². The zero-order chi connectivity index (χ0) is 21.6. The molecule has 0 atom stereocenters. The van der Waals surface area contributed by atoms with Crippen LogP contribution in [-0.2, 0) is 16.1 Å². The van der Waals surface area contributed by atoms with Crippen LogP contribution in [0.15, 0.2) is 47.5 Å². The second-order valence-electron chi connectivity index (χ2n) is 6.54. The highest BCUT2D eigenvalue weighted by Gasteiger charge is 2.28. The van der Waals surface area contributed by atoms with Gasteiger partial charge >= 0.3 is 6.18 Å². The summed E-state index contributed by atoms with van der Waals surface area (Å²) in [5.41, 5.74) is 1.41. The highest BCUT2D eigenvalue weighted by Crippen LogP contribution is 2.34. The zero-order valence-corrected chi connectivity index (χ0v) is 16.8. The number of para-hydroxylation sites is 1. The number of aromatic nitrogens is 1. The Labute approximate surface area is 175 Å². The Hall–Kier alpha value is -2.75. The number of anilines is 1. The van der Waals surface area contributed by atoms with E-state index < -0.39 is 12.8 Å². The molecule has 1 N–H and O–H groups in total. The smallest absolute Gasteiger partial charge is 0.422 e. The molecule has 0 aliphatic carbocycles. The van der Waals surface area contributed by atoms with E-state index in [0.29, 0.717) is 12.1 Å². The Morgan fingerprint density at radius 3 is 2.80 bits per heavy atom. The monoisotopic (exact) mass is 439 g/mol. The molecule has 2 amide bonds. The van der Waals surface area contributed by atoms with Crippen molar-refractivity contribution in [1.29, 1.82) is 0 Å². The minimum atomic E-state index is -4.45. The Balaban J connectivity index is 1.46. The van der Waals surface area contributed by atoms with Crippen LogP contribution in [0.3, 0.4) is 0 Å².